The first-order valence-corrected chi connectivity index (χ1v) is 8.58. The lowest BCUT2D eigenvalue weighted by atomic mass is 10.1. The minimum absolute atomic E-state index is 0.206. The van der Waals surface area contributed by atoms with Gasteiger partial charge < -0.3 is 15.5 Å². The molecule has 0 atom stereocenters. The Morgan fingerprint density at radius 1 is 1.00 bits per heavy atom. The van der Waals surface area contributed by atoms with Crippen molar-refractivity contribution in [2.75, 3.05) is 32.5 Å². The molecule has 1 aromatic carbocycles. The number of benzene rings is 1. The molecule has 0 aliphatic heterocycles. The molecule has 2 N–H and O–H groups in total. The number of hydrogen-bond acceptors (Lipinski definition) is 5. The third-order valence-electron chi connectivity index (χ3n) is 3.98. The summed E-state index contributed by atoms with van der Waals surface area (Å²) < 4.78 is 0. The van der Waals surface area contributed by atoms with Crippen LogP contribution in [0, 0.1) is 0 Å². The summed E-state index contributed by atoms with van der Waals surface area (Å²) in [4.78, 5) is 35.2. The first kappa shape index (κ1) is 18.5. The molecule has 0 spiro atoms. The molecule has 0 bridgehead atoms. The predicted octanol–water partition coefficient (Wildman–Crippen LogP) is 2.17. The van der Waals surface area contributed by atoms with Crippen LogP contribution in [0.5, 0.6) is 0 Å². The zero-order chi connectivity index (χ0) is 19.2. The highest BCUT2D eigenvalue weighted by molar-refractivity contribution is 6.09. The van der Waals surface area contributed by atoms with Gasteiger partial charge in [-0.3, -0.25) is 19.6 Å². The highest BCUT2D eigenvalue weighted by atomic mass is 16.2. The average molecular weight is 363 g/mol. The second kappa shape index (κ2) is 8.37. The summed E-state index contributed by atoms with van der Waals surface area (Å²) in [6.07, 6.45) is 3.14. The Morgan fingerprint density at radius 3 is 2.63 bits per heavy atom. The number of para-hydroxylation sites is 1. The normalized spacial score (nSPS) is 10.8. The number of aromatic nitrogens is 2. The van der Waals surface area contributed by atoms with E-state index in [4.69, 9.17) is 0 Å². The van der Waals surface area contributed by atoms with E-state index in [0.717, 1.165) is 11.9 Å². The number of fused-ring (bicyclic) bond motifs is 1. The molecule has 0 fully saturated rings. The van der Waals surface area contributed by atoms with Gasteiger partial charge in [0.15, 0.2) is 0 Å². The highest BCUT2D eigenvalue weighted by Crippen LogP contribution is 2.21. The number of carbonyl (C=O) groups is 2. The first-order chi connectivity index (χ1) is 13.0. The molecule has 0 unspecified atom stereocenters. The molecule has 7 nitrogen and oxygen atoms in total. The Bertz CT molecular complexity index is 966. The molecule has 2 heterocycles. The summed E-state index contributed by atoms with van der Waals surface area (Å²) in [5.74, 6) is -0.628. The molecular formula is C20H21N5O2. The maximum atomic E-state index is 12.6. The number of nitrogens with zero attached hydrogens (tertiary/aromatic N) is 3. The molecule has 3 rings (SSSR count). The van der Waals surface area contributed by atoms with Crippen molar-refractivity contribution in [2.24, 2.45) is 0 Å². The van der Waals surface area contributed by atoms with E-state index in [1.165, 1.54) is 12.3 Å². The summed E-state index contributed by atoms with van der Waals surface area (Å²) in [6.45, 7) is 1.23. The Balaban J connectivity index is 1.74. The van der Waals surface area contributed by atoms with Gasteiger partial charge in [0.1, 0.15) is 5.69 Å². The zero-order valence-corrected chi connectivity index (χ0v) is 15.3. The number of likely N-dealkylation sites (N-methyl/N-ethyl adjacent to an activating group) is 1. The van der Waals surface area contributed by atoms with Gasteiger partial charge >= 0.3 is 0 Å². The maximum Gasteiger partial charge on any atom is 0.269 e. The lowest BCUT2D eigenvalue weighted by Crippen LogP contribution is -2.32. The standard InChI is InChI=1S/C20H21N5O2/c1-25(2)12-11-23-20(27)17-13-15(8-10-21-17)19(26)24-16-7-3-5-14-6-4-9-22-18(14)16/h3-10,13H,11-12H2,1-2H3,(H,23,27)(H,24,26). The van der Waals surface area contributed by atoms with E-state index < -0.39 is 0 Å². The fraction of sp³-hybridized carbons (Fsp3) is 0.200. The van der Waals surface area contributed by atoms with Crippen LogP contribution in [0.25, 0.3) is 10.9 Å². The largest absolute Gasteiger partial charge is 0.349 e. The Labute approximate surface area is 157 Å². The summed E-state index contributed by atoms with van der Waals surface area (Å²) in [6, 6.07) is 12.4. The van der Waals surface area contributed by atoms with Crippen molar-refractivity contribution < 1.29 is 9.59 Å². The van der Waals surface area contributed by atoms with Gasteiger partial charge in [-0.25, -0.2) is 0 Å². The molecule has 2 aromatic heterocycles. The average Bonchev–Trinajstić information content (AvgIpc) is 2.68. The molecule has 2 amide bonds. The van der Waals surface area contributed by atoms with Crippen LogP contribution in [0.4, 0.5) is 5.69 Å². The Hall–Kier alpha value is -3.32. The van der Waals surface area contributed by atoms with Gasteiger partial charge in [0.05, 0.1) is 11.2 Å². The zero-order valence-electron chi connectivity index (χ0n) is 15.3. The summed E-state index contributed by atoms with van der Waals surface area (Å²) in [5.41, 5.74) is 1.89. The van der Waals surface area contributed by atoms with Gasteiger partial charge in [-0.1, -0.05) is 18.2 Å². The minimum atomic E-state index is -0.321. The molecular weight excluding hydrogens is 342 g/mol. The third kappa shape index (κ3) is 4.65. The number of amides is 2. The van der Waals surface area contributed by atoms with Crippen molar-refractivity contribution in [3.05, 3.63) is 66.1 Å². The Morgan fingerprint density at radius 2 is 1.81 bits per heavy atom. The van der Waals surface area contributed by atoms with E-state index in [1.54, 1.807) is 18.3 Å². The van der Waals surface area contributed by atoms with Crippen molar-refractivity contribution in [1.29, 1.82) is 0 Å². The van der Waals surface area contributed by atoms with E-state index >= 15 is 0 Å². The third-order valence-corrected chi connectivity index (χ3v) is 3.98. The number of nitrogens with one attached hydrogen (secondary N) is 2. The number of pyridine rings is 2. The molecule has 0 aliphatic carbocycles. The van der Waals surface area contributed by atoms with Crippen LogP contribution >= 0.6 is 0 Å². The van der Waals surface area contributed by atoms with Crippen LogP contribution in [0.15, 0.2) is 54.9 Å². The van der Waals surface area contributed by atoms with Gasteiger partial charge in [-0.15, -0.1) is 0 Å². The monoisotopic (exact) mass is 363 g/mol. The van der Waals surface area contributed by atoms with Crippen LogP contribution in [-0.2, 0) is 0 Å². The highest BCUT2D eigenvalue weighted by Gasteiger charge is 2.13. The van der Waals surface area contributed by atoms with Crippen molar-refractivity contribution >= 4 is 28.4 Å². The predicted molar refractivity (Wildman–Crippen MR) is 105 cm³/mol. The topological polar surface area (TPSA) is 87.2 Å². The van der Waals surface area contributed by atoms with Gasteiger partial charge in [0.25, 0.3) is 11.8 Å². The smallest absolute Gasteiger partial charge is 0.269 e. The molecule has 0 saturated heterocycles. The van der Waals surface area contributed by atoms with E-state index in [-0.39, 0.29) is 17.5 Å². The van der Waals surface area contributed by atoms with E-state index in [2.05, 4.69) is 20.6 Å². The quantitative estimate of drug-likeness (QED) is 0.701. The fourth-order valence-electron chi connectivity index (χ4n) is 2.58. The molecule has 138 valence electrons. The lowest BCUT2D eigenvalue weighted by molar-refractivity contribution is 0.0946. The fourth-order valence-corrected chi connectivity index (χ4v) is 2.58. The number of carbonyl (C=O) groups excluding carboxylic acids is 2. The van der Waals surface area contributed by atoms with Gasteiger partial charge in [0.2, 0.25) is 0 Å². The van der Waals surface area contributed by atoms with E-state index in [1.807, 2.05) is 43.3 Å². The lowest BCUT2D eigenvalue weighted by Gasteiger charge is -2.11. The SMILES string of the molecule is CN(C)CCNC(=O)c1cc(C(=O)Nc2cccc3cccnc23)ccn1. The summed E-state index contributed by atoms with van der Waals surface area (Å²) in [7, 11) is 3.86. The van der Waals surface area contributed by atoms with Gasteiger partial charge in [0, 0.05) is 36.4 Å². The van der Waals surface area contributed by atoms with Crippen LogP contribution in [0.2, 0.25) is 0 Å². The maximum absolute atomic E-state index is 12.6. The molecule has 3 aromatic rings. The van der Waals surface area contributed by atoms with Crippen LogP contribution in [0.1, 0.15) is 20.8 Å². The van der Waals surface area contributed by atoms with Crippen molar-refractivity contribution in [2.45, 2.75) is 0 Å². The summed E-state index contributed by atoms with van der Waals surface area (Å²) >= 11 is 0. The van der Waals surface area contributed by atoms with E-state index in [0.29, 0.717) is 23.3 Å². The number of rotatable bonds is 6. The molecule has 27 heavy (non-hydrogen) atoms. The van der Waals surface area contributed by atoms with Gasteiger partial charge in [-0.2, -0.15) is 0 Å². The van der Waals surface area contributed by atoms with Crippen molar-refractivity contribution in [1.82, 2.24) is 20.2 Å². The van der Waals surface area contributed by atoms with Crippen molar-refractivity contribution in [3.63, 3.8) is 0 Å². The first-order valence-electron chi connectivity index (χ1n) is 8.58. The number of hydrogen-bond donors (Lipinski definition) is 2. The second-order valence-electron chi connectivity index (χ2n) is 6.32. The van der Waals surface area contributed by atoms with Crippen LogP contribution in [-0.4, -0.2) is 53.9 Å². The molecule has 0 saturated carbocycles. The van der Waals surface area contributed by atoms with E-state index in [9.17, 15) is 9.59 Å². The second-order valence-corrected chi connectivity index (χ2v) is 6.32. The number of anilines is 1. The van der Waals surface area contributed by atoms with Crippen LogP contribution in [0.3, 0.4) is 0 Å². The Kier molecular flexibility index (Phi) is 5.73. The van der Waals surface area contributed by atoms with Crippen molar-refractivity contribution in [3.8, 4) is 0 Å². The molecule has 0 radical (unpaired) electrons. The molecule has 0 aliphatic rings. The minimum Gasteiger partial charge on any atom is -0.349 e. The summed E-state index contributed by atoms with van der Waals surface area (Å²) in [5, 5.41) is 6.58. The van der Waals surface area contributed by atoms with Gasteiger partial charge in [-0.05, 0) is 38.4 Å². The van der Waals surface area contributed by atoms with Crippen LogP contribution < -0.4 is 10.6 Å². The molecule has 7 heteroatoms.